The maximum absolute atomic E-state index is 11.9. The van der Waals surface area contributed by atoms with Gasteiger partial charge in [-0.1, -0.05) is 6.58 Å². The van der Waals surface area contributed by atoms with Crippen LogP contribution < -0.4 is 21.9 Å². The van der Waals surface area contributed by atoms with E-state index in [4.69, 9.17) is 36.1 Å². The normalized spacial score (nSPS) is 47.4. The average Bonchev–Trinajstić information content (AvgIpc) is 3.02. The zero-order chi connectivity index (χ0) is 28.7. The van der Waals surface area contributed by atoms with Crippen molar-refractivity contribution < 1.29 is 58.0 Å². The molecule has 1 saturated carbocycles. The Bertz CT molecular complexity index is 928. The van der Waals surface area contributed by atoms with Gasteiger partial charge in [-0.2, -0.15) is 0 Å². The van der Waals surface area contributed by atoms with Gasteiger partial charge in [-0.05, 0) is 19.8 Å². The molecule has 17 heteroatoms. The van der Waals surface area contributed by atoms with E-state index in [0.717, 1.165) is 6.26 Å². The Kier molecular flexibility index (Phi) is 10.1. The summed E-state index contributed by atoms with van der Waals surface area (Å²) in [7, 11) is -3.70. The van der Waals surface area contributed by atoms with Crippen LogP contribution in [0.1, 0.15) is 19.8 Å². The number of ether oxygens (including phenoxy) is 4. The molecule has 0 aromatic carbocycles. The van der Waals surface area contributed by atoms with Crippen LogP contribution in [-0.4, -0.2) is 137 Å². The van der Waals surface area contributed by atoms with Crippen molar-refractivity contribution in [1.82, 2.24) is 4.72 Å². The number of rotatable bonds is 8. The Morgan fingerprint density at radius 2 is 1.58 bits per heavy atom. The Hall–Kier alpha value is -1.03. The van der Waals surface area contributed by atoms with Crippen LogP contribution in [0.2, 0.25) is 0 Å². The van der Waals surface area contributed by atoms with Gasteiger partial charge < -0.3 is 66.8 Å². The molecule has 1 aliphatic carbocycles. The molecule has 3 rings (SSSR count). The molecule has 2 heterocycles. The van der Waals surface area contributed by atoms with E-state index in [9.17, 15) is 39.1 Å². The molecule has 0 aromatic rings. The monoisotopic (exact) mass is 572 g/mol. The highest BCUT2D eigenvalue weighted by Crippen LogP contribution is 2.33. The second kappa shape index (κ2) is 12.2. The Morgan fingerprint density at radius 3 is 2.11 bits per heavy atom. The molecule has 2 saturated heterocycles. The van der Waals surface area contributed by atoms with E-state index in [2.05, 4.69) is 11.3 Å². The molecular weight excluding hydrogens is 532 g/mol. The highest BCUT2D eigenvalue weighted by molar-refractivity contribution is 7.88. The molecule has 0 amide bonds. The largest absolute Gasteiger partial charge is 0.400 e. The number of hydrogen-bond donors (Lipinski definition) is 10. The zero-order valence-corrected chi connectivity index (χ0v) is 21.9. The van der Waals surface area contributed by atoms with Gasteiger partial charge in [-0.3, -0.25) is 0 Å². The number of hydrogen-bond acceptors (Lipinski definition) is 15. The number of nitrogens with two attached hydrogens (primary N) is 3. The fraction of sp³-hybridized carbons (Fsp3) is 0.905. The number of nitrogens with one attached hydrogen (secondary N) is 1. The lowest BCUT2D eigenvalue weighted by Gasteiger charge is -2.44. The van der Waals surface area contributed by atoms with Crippen molar-refractivity contribution in [2.75, 3.05) is 6.26 Å². The lowest BCUT2D eigenvalue weighted by molar-refractivity contribution is -0.309. The van der Waals surface area contributed by atoms with E-state index in [-0.39, 0.29) is 18.5 Å². The van der Waals surface area contributed by atoms with Gasteiger partial charge in [-0.15, -0.1) is 0 Å². The minimum atomic E-state index is -3.70. The first-order valence-corrected chi connectivity index (χ1v) is 14.0. The number of sulfonamides is 1. The molecule has 0 spiro atoms. The predicted molar refractivity (Wildman–Crippen MR) is 129 cm³/mol. The van der Waals surface area contributed by atoms with Gasteiger partial charge in [0.2, 0.25) is 10.0 Å². The molecule has 13 N–H and O–H groups in total. The summed E-state index contributed by atoms with van der Waals surface area (Å²) in [4.78, 5) is 0. The molecule has 0 bridgehead atoms. The maximum Gasteiger partial charge on any atom is 0.208 e. The Labute approximate surface area is 220 Å². The molecule has 7 unspecified atom stereocenters. The molecule has 3 aliphatic rings. The lowest BCUT2D eigenvalue weighted by Crippen LogP contribution is -2.65. The third-order valence-corrected chi connectivity index (χ3v) is 7.68. The second-order valence-corrected chi connectivity index (χ2v) is 12.0. The van der Waals surface area contributed by atoms with Crippen LogP contribution in [0.25, 0.3) is 0 Å². The molecule has 0 aromatic heterocycles. The fourth-order valence-electron chi connectivity index (χ4n) is 5.00. The molecule has 3 fully saturated rings. The fourth-order valence-corrected chi connectivity index (χ4v) is 5.80. The molecular formula is C21H40N4O12S. The Morgan fingerprint density at radius 1 is 0.974 bits per heavy atom. The van der Waals surface area contributed by atoms with Crippen LogP contribution >= 0.6 is 0 Å². The SMILES string of the molecule is C=C(N)[C@H]1O[C@@H](O[C@@H]2C(O)C[C@H](NS(C)(=O)=O)CC(N)[C@H]2O[C@H]2OC([C@@H](C)O)[C@@H](O)C(O)C2N)C(O)C1O. The summed E-state index contributed by atoms with van der Waals surface area (Å²) in [6.45, 7) is 4.82. The van der Waals surface area contributed by atoms with Crippen LogP contribution in [-0.2, 0) is 29.0 Å². The summed E-state index contributed by atoms with van der Waals surface area (Å²) in [6, 6.07) is -3.20. The van der Waals surface area contributed by atoms with Gasteiger partial charge in [0.15, 0.2) is 12.6 Å². The summed E-state index contributed by atoms with van der Waals surface area (Å²) in [5, 5.41) is 62.5. The average molecular weight is 573 g/mol. The van der Waals surface area contributed by atoms with Crippen molar-refractivity contribution >= 4 is 10.0 Å². The third-order valence-electron chi connectivity index (χ3n) is 6.92. The van der Waals surface area contributed by atoms with Gasteiger partial charge in [-0.25, -0.2) is 13.1 Å². The van der Waals surface area contributed by atoms with Crippen LogP contribution in [0.15, 0.2) is 12.3 Å². The summed E-state index contributed by atoms with van der Waals surface area (Å²) in [5.41, 5.74) is 17.9. The van der Waals surface area contributed by atoms with E-state index < -0.39 is 102 Å². The van der Waals surface area contributed by atoms with E-state index in [1.54, 1.807) is 0 Å². The quantitative estimate of drug-likeness (QED) is 0.121. The van der Waals surface area contributed by atoms with E-state index in [0.29, 0.717) is 0 Å². The summed E-state index contributed by atoms with van der Waals surface area (Å²) in [5.74, 6) is 0. The summed E-state index contributed by atoms with van der Waals surface area (Å²) >= 11 is 0. The molecule has 222 valence electrons. The standard InChI is InChI=1S/C21H40N4O12S/c1-6(22)16-14(30)15(31)21(34-16)37-19-10(27)5-8(25-38(3,32)33)4-9(23)18(19)36-20-11(24)12(28)13(29)17(35-20)7(2)26/h7-21,25-31H,1,4-5,22-24H2,2-3H3/t7-,8-,9?,10?,11?,12?,13+,14?,15?,16-,17?,18-,19-,20-,21+/m1/s1. The molecule has 15 atom stereocenters. The highest BCUT2D eigenvalue weighted by atomic mass is 32.2. The topological polar surface area (TPSA) is 283 Å². The van der Waals surface area contributed by atoms with Gasteiger partial charge in [0.25, 0.3) is 0 Å². The Balaban J connectivity index is 1.90. The smallest absolute Gasteiger partial charge is 0.208 e. The molecule has 0 radical (unpaired) electrons. The summed E-state index contributed by atoms with van der Waals surface area (Å²) < 4.78 is 49.1. The van der Waals surface area contributed by atoms with E-state index >= 15 is 0 Å². The van der Waals surface area contributed by atoms with Crippen molar-refractivity contribution in [1.29, 1.82) is 0 Å². The van der Waals surface area contributed by atoms with Crippen molar-refractivity contribution in [2.45, 2.75) is 112 Å². The first kappa shape index (κ1) is 31.5. The molecule has 38 heavy (non-hydrogen) atoms. The lowest BCUT2D eigenvalue weighted by atomic mass is 9.94. The van der Waals surface area contributed by atoms with Crippen molar-refractivity contribution in [3.8, 4) is 0 Å². The molecule has 2 aliphatic heterocycles. The maximum atomic E-state index is 11.9. The van der Waals surface area contributed by atoms with Gasteiger partial charge >= 0.3 is 0 Å². The molecule has 16 nitrogen and oxygen atoms in total. The van der Waals surface area contributed by atoms with Crippen LogP contribution in [0.3, 0.4) is 0 Å². The third kappa shape index (κ3) is 6.99. The van der Waals surface area contributed by atoms with Crippen LogP contribution in [0, 0.1) is 0 Å². The first-order chi connectivity index (χ1) is 17.5. The van der Waals surface area contributed by atoms with Gasteiger partial charge in [0.1, 0.15) is 48.8 Å². The number of aliphatic hydroxyl groups excluding tert-OH is 6. The van der Waals surface area contributed by atoms with E-state index in [1.807, 2.05) is 0 Å². The summed E-state index contributed by atoms with van der Waals surface area (Å²) in [6.07, 6.45) is -16.3. The second-order valence-electron chi connectivity index (χ2n) is 10.2. The zero-order valence-electron chi connectivity index (χ0n) is 21.1. The number of aliphatic hydroxyl groups is 6. The van der Waals surface area contributed by atoms with Crippen LogP contribution in [0.5, 0.6) is 0 Å². The van der Waals surface area contributed by atoms with Gasteiger partial charge in [0, 0.05) is 17.8 Å². The highest BCUT2D eigenvalue weighted by Gasteiger charge is 2.51. The minimum Gasteiger partial charge on any atom is -0.400 e. The van der Waals surface area contributed by atoms with Crippen molar-refractivity contribution in [2.24, 2.45) is 17.2 Å². The van der Waals surface area contributed by atoms with Crippen LogP contribution in [0.4, 0.5) is 0 Å². The minimum absolute atomic E-state index is 0.0411. The van der Waals surface area contributed by atoms with Crippen molar-refractivity contribution in [3.63, 3.8) is 0 Å². The first-order valence-electron chi connectivity index (χ1n) is 12.1. The van der Waals surface area contributed by atoms with Gasteiger partial charge in [0.05, 0.1) is 24.5 Å². The van der Waals surface area contributed by atoms with Crippen molar-refractivity contribution in [3.05, 3.63) is 12.3 Å². The van der Waals surface area contributed by atoms with E-state index in [1.165, 1.54) is 6.92 Å². The predicted octanol–water partition coefficient (Wildman–Crippen LogP) is -5.77.